The van der Waals surface area contributed by atoms with E-state index >= 15 is 0 Å². The quantitative estimate of drug-likeness (QED) is 0.0470. The molecule has 0 aliphatic heterocycles. The predicted octanol–water partition coefficient (Wildman–Crippen LogP) is 1.06. The molecule has 0 heterocycles. The van der Waals surface area contributed by atoms with Crippen molar-refractivity contribution < 1.29 is 117 Å². The van der Waals surface area contributed by atoms with Gasteiger partial charge in [-0.05, 0) is 110 Å². The molecule has 2 amide bonds. The van der Waals surface area contributed by atoms with Gasteiger partial charge in [0.1, 0.15) is 29.7 Å². The maximum Gasteiger partial charge on any atom is 1.00 e. The van der Waals surface area contributed by atoms with E-state index in [4.69, 9.17) is 12.2 Å². The molecule has 0 atom stereocenters. The average molecular weight is 1100 g/mol. The first-order chi connectivity index (χ1) is 31.0. The van der Waals surface area contributed by atoms with Crippen LogP contribution in [0.15, 0.2) is 114 Å². The van der Waals surface area contributed by atoms with E-state index in [1.54, 1.807) is 13.8 Å². The second-order valence-corrected chi connectivity index (χ2v) is 23.1. The molecule has 6 rings (SSSR count). The van der Waals surface area contributed by atoms with E-state index in [0.717, 1.165) is 12.1 Å². The minimum absolute atomic E-state index is 0. The van der Waals surface area contributed by atoms with Crippen LogP contribution in [0.4, 0.5) is 22.7 Å². The summed E-state index contributed by atoms with van der Waals surface area (Å²) in [6, 6.07) is 12.5. The minimum Gasteiger partial charge on any atom is -0.744 e. The molecule has 0 spiro atoms. The van der Waals surface area contributed by atoms with Gasteiger partial charge in [0, 0.05) is 44.0 Å². The first kappa shape index (κ1) is 54.9. The zero-order valence-electron chi connectivity index (χ0n) is 34.8. The SMILES string of the molecule is Cc1ccc(C(=O)Nc2ccc(S(=O)(=O)O)c3cc(S(=O)(=O)[O-])cc(S(=O)(=O)O)c23)cc1NC(=S)Nc1cc(C(=O)Nc2ccc(S(=O)(=O)O)c3cc(S(=O)(=O)O)cc(S(=O)(=O)O)c23)ccc1C.[Na+]. The van der Waals surface area contributed by atoms with Crippen LogP contribution in [-0.2, 0) is 60.7 Å². The Morgan fingerprint density at radius 2 is 0.797 bits per heavy atom. The Hall–Kier alpha value is -5.07. The number of thiocarbonyl (C=S) groups is 1. The molecule has 6 aromatic rings. The van der Waals surface area contributed by atoms with Gasteiger partial charge in [-0.25, -0.2) is 8.42 Å². The molecular weight excluding hydrogens is 1070 g/mol. The summed E-state index contributed by atoms with van der Waals surface area (Å²) in [5.41, 5.74) is -0.0780. The fourth-order valence-electron chi connectivity index (χ4n) is 6.61. The number of carbonyl (C=O) groups is 2. The van der Waals surface area contributed by atoms with Crippen LogP contribution in [0, 0.1) is 13.8 Å². The van der Waals surface area contributed by atoms with Gasteiger partial charge in [0.15, 0.2) is 5.11 Å². The third-order valence-electron chi connectivity index (χ3n) is 9.71. The van der Waals surface area contributed by atoms with Crippen molar-refractivity contribution in [3.8, 4) is 0 Å². The topological polar surface area (TPSA) is 411 Å². The first-order valence-electron chi connectivity index (χ1n) is 18.0. The summed E-state index contributed by atoms with van der Waals surface area (Å²) in [6.45, 7) is 3.18. The second kappa shape index (κ2) is 19.3. The van der Waals surface area contributed by atoms with Crippen molar-refractivity contribution in [2.45, 2.75) is 43.2 Å². The first-order valence-corrected chi connectivity index (χ1v) is 27.0. The van der Waals surface area contributed by atoms with Crippen LogP contribution in [-0.4, -0.2) is 94.8 Å². The van der Waals surface area contributed by atoms with Crippen molar-refractivity contribution in [3.05, 3.63) is 107 Å². The Morgan fingerprint density at radius 3 is 1.13 bits per heavy atom. The Balaban J connectivity index is 0.00000888. The Morgan fingerprint density at radius 1 is 0.449 bits per heavy atom. The van der Waals surface area contributed by atoms with Gasteiger partial charge in [0.25, 0.3) is 62.4 Å². The fourth-order valence-corrected chi connectivity index (χ4v) is 10.9. The standard InChI is InChI=1S/C37H30N4O20S7.Na/c1-17-3-5-19(35(42)38-25-7-9-29(65(50,51)52)23-13-21(63(44,45)46)15-31(33(23)25)67(56,57)58)11-27(17)40-37(62)41-28-12-20(6-4-18(28)2)36(43)39-26-8-10-30(66(53,54)55)24-14-22(64(47,48)49)16-32(34(24)26)68(59,60)61;/h3-16H,1-2H3,(H,38,42)(H,39,43)(H2,40,41,62)(H,44,45,46)(H,47,48,49)(H,50,51,52)(H,53,54,55)(H,56,57,58)(H,59,60,61);/q;+1/p-1. The summed E-state index contributed by atoms with van der Waals surface area (Å²) in [5, 5.41) is 6.91. The van der Waals surface area contributed by atoms with E-state index < -0.39 is 135 Å². The summed E-state index contributed by atoms with van der Waals surface area (Å²) in [4.78, 5) is 20.1. The molecule has 360 valence electrons. The molecule has 0 aliphatic carbocycles. The number of aryl methyl sites for hydroxylation is 2. The van der Waals surface area contributed by atoms with Gasteiger partial charge in [-0.2, -0.15) is 42.1 Å². The van der Waals surface area contributed by atoms with E-state index in [9.17, 15) is 87.4 Å². The van der Waals surface area contributed by atoms with Crippen LogP contribution in [0.1, 0.15) is 31.8 Å². The second-order valence-electron chi connectivity index (χ2n) is 14.3. The number of anilines is 4. The van der Waals surface area contributed by atoms with Crippen LogP contribution in [0.3, 0.4) is 0 Å². The van der Waals surface area contributed by atoms with E-state index in [0.29, 0.717) is 41.5 Å². The minimum atomic E-state index is -5.50. The Bertz CT molecular complexity index is 3690. The molecular formula is C37H29N4NaO20S7. The fraction of sp³-hybridized carbons (Fsp3) is 0.0541. The number of hydrogen-bond acceptors (Lipinski definition) is 16. The molecule has 0 saturated carbocycles. The number of benzene rings is 6. The van der Waals surface area contributed by atoms with Gasteiger partial charge in [-0.15, -0.1) is 0 Å². The van der Waals surface area contributed by atoms with Gasteiger partial charge >= 0.3 is 29.6 Å². The average Bonchev–Trinajstić information content (AvgIpc) is 3.19. The molecule has 0 aromatic heterocycles. The van der Waals surface area contributed by atoms with Crippen LogP contribution in [0.2, 0.25) is 0 Å². The molecule has 24 nitrogen and oxygen atoms in total. The summed E-state index contributed by atoms with van der Waals surface area (Å²) in [5.74, 6) is -2.00. The van der Waals surface area contributed by atoms with Gasteiger partial charge in [0.05, 0.1) is 21.2 Å². The molecule has 0 aliphatic rings. The van der Waals surface area contributed by atoms with Crippen LogP contribution in [0.5, 0.6) is 0 Å². The van der Waals surface area contributed by atoms with Crippen molar-refractivity contribution in [2.75, 3.05) is 21.3 Å². The van der Waals surface area contributed by atoms with Crippen LogP contribution < -0.4 is 50.8 Å². The van der Waals surface area contributed by atoms with Gasteiger partial charge < -0.3 is 25.8 Å². The molecule has 0 radical (unpaired) electrons. The third kappa shape index (κ3) is 12.1. The maximum atomic E-state index is 13.6. The van der Waals surface area contributed by atoms with Gasteiger partial charge in [-0.1, -0.05) is 12.1 Å². The zero-order chi connectivity index (χ0) is 50.9. The van der Waals surface area contributed by atoms with Gasteiger partial charge in [-0.3, -0.25) is 32.4 Å². The molecule has 9 N–H and O–H groups in total. The van der Waals surface area contributed by atoms with Crippen LogP contribution in [0.25, 0.3) is 21.5 Å². The molecule has 0 unspecified atom stereocenters. The van der Waals surface area contributed by atoms with E-state index in [1.807, 2.05) is 0 Å². The van der Waals surface area contributed by atoms with Crippen molar-refractivity contribution >= 4 is 134 Å². The summed E-state index contributed by atoms with van der Waals surface area (Å²) in [6.07, 6.45) is 0. The molecule has 0 fully saturated rings. The Kier molecular flexibility index (Phi) is 15.3. The van der Waals surface area contributed by atoms with Crippen molar-refractivity contribution in [3.63, 3.8) is 0 Å². The summed E-state index contributed by atoms with van der Waals surface area (Å²) < 4.78 is 207. The molecule has 32 heteroatoms. The van der Waals surface area contributed by atoms with Crippen LogP contribution >= 0.6 is 12.2 Å². The summed E-state index contributed by atoms with van der Waals surface area (Å²) >= 11 is 5.48. The number of nitrogens with one attached hydrogen (secondary N) is 4. The molecule has 0 bridgehead atoms. The molecule has 69 heavy (non-hydrogen) atoms. The third-order valence-corrected chi connectivity index (χ3v) is 15.1. The van der Waals surface area contributed by atoms with Crippen molar-refractivity contribution in [1.82, 2.24) is 0 Å². The molecule has 0 saturated heterocycles. The van der Waals surface area contributed by atoms with E-state index in [2.05, 4.69) is 21.3 Å². The number of carbonyl (C=O) groups excluding carboxylic acids is 2. The van der Waals surface area contributed by atoms with Gasteiger partial charge in [0.2, 0.25) is 0 Å². The maximum absolute atomic E-state index is 13.6. The number of rotatable bonds is 12. The number of amides is 2. The largest absolute Gasteiger partial charge is 1.00 e. The van der Waals surface area contributed by atoms with Crippen molar-refractivity contribution in [2.24, 2.45) is 0 Å². The molecule has 6 aromatic carbocycles. The number of fused-ring (bicyclic) bond motifs is 2. The van der Waals surface area contributed by atoms with E-state index in [-0.39, 0.29) is 63.2 Å². The predicted molar refractivity (Wildman–Crippen MR) is 243 cm³/mol. The van der Waals surface area contributed by atoms with E-state index in [1.165, 1.54) is 36.4 Å². The normalized spacial score (nSPS) is 12.5. The monoisotopic (exact) mass is 1100 g/mol. The zero-order valence-corrected chi connectivity index (χ0v) is 42.5. The summed E-state index contributed by atoms with van der Waals surface area (Å²) in [7, 11) is -32.1. The smallest absolute Gasteiger partial charge is 0.744 e. The van der Waals surface area contributed by atoms with Crippen molar-refractivity contribution in [1.29, 1.82) is 0 Å². The number of hydrogen-bond donors (Lipinski definition) is 9. The Labute approximate surface area is 419 Å².